The number of alkyl halides is 3. The molecule has 0 aliphatic rings. The summed E-state index contributed by atoms with van der Waals surface area (Å²) in [5.41, 5.74) is -1.28. The van der Waals surface area contributed by atoms with Crippen molar-refractivity contribution in [2.75, 3.05) is 4.72 Å². The van der Waals surface area contributed by atoms with Gasteiger partial charge in [-0.1, -0.05) is 17.7 Å². The van der Waals surface area contributed by atoms with Crippen LogP contribution in [0.3, 0.4) is 0 Å². The van der Waals surface area contributed by atoms with Crippen molar-refractivity contribution < 1.29 is 26.0 Å². The van der Waals surface area contributed by atoms with Gasteiger partial charge in [-0.2, -0.15) is 13.2 Å². The summed E-state index contributed by atoms with van der Waals surface area (Å²) in [6.45, 7) is 0. The summed E-state index contributed by atoms with van der Waals surface area (Å²) in [5, 5.41) is -0.375. The van der Waals surface area contributed by atoms with Gasteiger partial charge in [0.1, 0.15) is 10.7 Å². The lowest BCUT2D eigenvalue weighted by atomic mass is 10.2. The van der Waals surface area contributed by atoms with Crippen LogP contribution < -0.4 is 4.72 Å². The number of hydrogen-bond acceptors (Lipinski definition) is 2. The van der Waals surface area contributed by atoms with Crippen molar-refractivity contribution in [3.63, 3.8) is 0 Å². The molecule has 0 bridgehead atoms. The van der Waals surface area contributed by atoms with Crippen LogP contribution in [0.15, 0.2) is 47.4 Å². The van der Waals surface area contributed by atoms with E-state index in [1.165, 1.54) is 0 Å². The summed E-state index contributed by atoms with van der Waals surface area (Å²) >= 11 is 5.64. The maximum atomic E-state index is 12.9. The van der Waals surface area contributed by atoms with E-state index in [2.05, 4.69) is 0 Å². The van der Waals surface area contributed by atoms with E-state index in [1.807, 2.05) is 4.72 Å². The van der Waals surface area contributed by atoms with Crippen molar-refractivity contribution in [1.82, 2.24) is 0 Å². The normalized spacial score (nSPS) is 12.2. The quantitative estimate of drug-likeness (QED) is 0.836. The first-order valence-corrected chi connectivity index (χ1v) is 7.61. The summed E-state index contributed by atoms with van der Waals surface area (Å²) in [6.07, 6.45) is -4.60. The molecular formula is C13H8ClF4NO2S. The molecule has 3 nitrogen and oxygen atoms in total. The minimum atomic E-state index is -4.60. The van der Waals surface area contributed by atoms with Crippen LogP contribution in [-0.4, -0.2) is 8.42 Å². The number of nitrogens with one attached hydrogen (secondary N) is 1. The molecule has 1 N–H and O–H groups in total. The highest BCUT2D eigenvalue weighted by Crippen LogP contribution is 2.31. The summed E-state index contributed by atoms with van der Waals surface area (Å²) in [6, 6.07) is 6.28. The van der Waals surface area contributed by atoms with Gasteiger partial charge in [-0.15, -0.1) is 0 Å². The largest absolute Gasteiger partial charge is 0.416 e. The van der Waals surface area contributed by atoms with Gasteiger partial charge in [0.05, 0.1) is 10.6 Å². The smallest absolute Gasteiger partial charge is 0.280 e. The number of sulfonamides is 1. The fraction of sp³-hybridized carbons (Fsp3) is 0.0769. The second-order valence-corrected chi connectivity index (χ2v) is 6.32. The molecule has 0 aliphatic carbocycles. The molecular weight excluding hydrogens is 346 g/mol. The Morgan fingerprint density at radius 2 is 1.73 bits per heavy atom. The molecule has 2 rings (SSSR count). The first-order chi connectivity index (χ1) is 10.1. The van der Waals surface area contributed by atoms with Gasteiger partial charge >= 0.3 is 6.18 Å². The van der Waals surface area contributed by atoms with Crippen LogP contribution in [0.1, 0.15) is 5.56 Å². The summed E-state index contributed by atoms with van der Waals surface area (Å²) in [5.74, 6) is -0.733. The third-order valence-corrected chi connectivity index (χ3v) is 4.49. The lowest BCUT2D eigenvalue weighted by Gasteiger charge is -2.12. The third-order valence-electron chi connectivity index (χ3n) is 2.63. The SMILES string of the molecule is O=S(=O)(Nc1cccc(C(F)(F)F)c1)c1ccc(F)cc1Cl. The maximum absolute atomic E-state index is 12.9. The molecule has 0 unspecified atom stereocenters. The molecule has 2 aromatic carbocycles. The third kappa shape index (κ3) is 3.69. The Bertz CT molecular complexity index is 806. The highest BCUT2D eigenvalue weighted by atomic mass is 35.5. The summed E-state index contributed by atoms with van der Waals surface area (Å²) < 4.78 is 76.9. The molecule has 0 amide bonds. The Kier molecular flexibility index (Phi) is 4.35. The number of anilines is 1. The number of hydrogen-bond donors (Lipinski definition) is 1. The van der Waals surface area contributed by atoms with Gasteiger partial charge < -0.3 is 0 Å². The number of rotatable bonds is 3. The van der Waals surface area contributed by atoms with Gasteiger partial charge in [-0.05, 0) is 36.4 Å². The zero-order valence-corrected chi connectivity index (χ0v) is 12.2. The predicted octanol–water partition coefficient (Wildman–Crippen LogP) is 4.30. The fourth-order valence-electron chi connectivity index (χ4n) is 1.66. The standard InChI is InChI=1S/C13H8ClF4NO2S/c14-11-7-9(15)4-5-12(11)22(20,21)19-10-3-1-2-8(6-10)13(16,17)18/h1-7,19H. The van der Waals surface area contributed by atoms with Gasteiger partial charge in [0.25, 0.3) is 10.0 Å². The predicted molar refractivity (Wildman–Crippen MR) is 73.7 cm³/mol. The zero-order chi connectivity index (χ0) is 16.5. The van der Waals surface area contributed by atoms with E-state index in [-0.39, 0.29) is 10.7 Å². The van der Waals surface area contributed by atoms with Gasteiger partial charge in [0.15, 0.2) is 0 Å². The van der Waals surface area contributed by atoms with Gasteiger partial charge in [-0.25, -0.2) is 12.8 Å². The van der Waals surface area contributed by atoms with Crippen LogP contribution in [-0.2, 0) is 16.2 Å². The maximum Gasteiger partial charge on any atom is 0.416 e. The van der Waals surface area contributed by atoms with E-state index in [0.29, 0.717) is 6.07 Å². The molecule has 0 atom stereocenters. The Balaban J connectivity index is 2.37. The molecule has 0 radical (unpaired) electrons. The average Bonchev–Trinajstić information content (AvgIpc) is 2.36. The average molecular weight is 354 g/mol. The van der Waals surface area contributed by atoms with Crippen molar-refractivity contribution in [2.24, 2.45) is 0 Å². The lowest BCUT2D eigenvalue weighted by Crippen LogP contribution is -2.14. The molecule has 0 fully saturated rings. The fourth-order valence-corrected chi connectivity index (χ4v) is 3.24. The molecule has 0 aromatic heterocycles. The molecule has 9 heteroatoms. The van der Waals surface area contributed by atoms with E-state index < -0.39 is 32.5 Å². The molecule has 0 aliphatic heterocycles. The van der Waals surface area contributed by atoms with Gasteiger partial charge in [-0.3, -0.25) is 4.72 Å². The van der Waals surface area contributed by atoms with Crippen LogP contribution in [0.25, 0.3) is 0 Å². The monoisotopic (exact) mass is 353 g/mol. The highest BCUT2D eigenvalue weighted by molar-refractivity contribution is 7.92. The van der Waals surface area contributed by atoms with Crippen LogP contribution in [0, 0.1) is 5.82 Å². The molecule has 22 heavy (non-hydrogen) atoms. The topological polar surface area (TPSA) is 46.2 Å². The Morgan fingerprint density at radius 3 is 2.32 bits per heavy atom. The minimum absolute atomic E-state index is 0.282. The van der Waals surface area contributed by atoms with E-state index in [0.717, 1.165) is 36.4 Å². The van der Waals surface area contributed by atoms with Gasteiger partial charge in [0.2, 0.25) is 0 Å². The summed E-state index contributed by atoms with van der Waals surface area (Å²) in [7, 11) is -4.24. The van der Waals surface area contributed by atoms with E-state index in [1.54, 1.807) is 0 Å². The zero-order valence-electron chi connectivity index (χ0n) is 10.7. The number of halogens is 5. The molecule has 0 saturated heterocycles. The number of benzene rings is 2. The highest BCUT2D eigenvalue weighted by Gasteiger charge is 2.30. The first-order valence-electron chi connectivity index (χ1n) is 5.75. The van der Waals surface area contributed by atoms with Crippen molar-refractivity contribution in [1.29, 1.82) is 0 Å². The Hall–Kier alpha value is -1.80. The van der Waals surface area contributed by atoms with Crippen LogP contribution >= 0.6 is 11.6 Å². The van der Waals surface area contributed by atoms with Crippen molar-refractivity contribution in [3.8, 4) is 0 Å². The van der Waals surface area contributed by atoms with Crippen molar-refractivity contribution >= 4 is 27.3 Å². The van der Waals surface area contributed by atoms with Crippen molar-refractivity contribution in [2.45, 2.75) is 11.1 Å². The second kappa shape index (κ2) is 5.77. The molecule has 0 saturated carbocycles. The van der Waals surface area contributed by atoms with E-state index in [9.17, 15) is 26.0 Å². The summed E-state index contributed by atoms with van der Waals surface area (Å²) in [4.78, 5) is -0.437. The first kappa shape index (κ1) is 16.6. The lowest BCUT2D eigenvalue weighted by molar-refractivity contribution is -0.137. The molecule has 2 aromatic rings. The van der Waals surface area contributed by atoms with Gasteiger partial charge in [0, 0.05) is 5.69 Å². The molecule has 0 spiro atoms. The van der Waals surface area contributed by atoms with E-state index >= 15 is 0 Å². The second-order valence-electron chi connectivity index (χ2n) is 4.26. The minimum Gasteiger partial charge on any atom is -0.280 e. The molecule has 118 valence electrons. The Labute approximate surface area is 128 Å². The van der Waals surface area contributed by atoms with Crippen LogP contribution in [0.4, 0.5) is 23.2 Å². The van der Waals surface area contributed by atoms with Crippen LogP contribution in [0.2, 0.25) is 5.02 Å². The molecule has 0 heterocycles. The van der Waals surface area contributed by atoms with Crippen LogP contribution in [0.5, 0.6) is 0 Å². The van der Waals surface area contributed by atoms with E-state index in [4.69, 9.17) is 11.6 Å². The van der Waals surface area contributed by atoms with Crippen molar-refractivity contribution in [3.05, 3.63) is 58.9 Å². The Morgan fingerprint density at radius 1 is 1.05 bits per heavy atom.